The topological polar surface area (TPSA) is 82.1 Å². The second-order valence-electron chi connectivity index (χ2n) is 7.75. The minimum atomic E-state index is 0.273. The van der Waals surface area contributed by atoms with Gasteiger partial charge < -0.3 is 15.4 Å². The summed E-state index contributed by atoms with van der Waals surface area (Å²) in [4.78, 5) is 11.1. The molecule has 2 N–H and O–H groups in total. The SMILES string of the molecule is CN1CCC[C@@H](n2nc(-c3ccc(Oc4ccccc4)cc3)c3c(N)ncnc32)C1. The maximum atomic E-state index is 6.26. The molecule has 1 saturated heterocycles. The van der Waals surface area contributed by atoms with Crippen molar-refractivity contribution < 1.29 is 4.74 Å². The van der Waals surface area contributed by atoms with Crippen LogP contribution < -0.4 is 10.5 Å². The molecule has 1 fully saturated rings. The third kappa shape index (κ3) is 3.48. The zero-order chi connectivity index (χ0) is 20.5. The Bertz CT molecular complexity index is 1160. The summed E-state index contributed by atoms with van der Waals surface area (Å²) in [6.45, 7) is 2.06. The van der Waals surface area contributed by atoms with Gasteiger partial charge in [-0.2, -0.15) is 5.10 Å². The largest absolute Gasteiger partial charge is 0.457 e. The van der Waals surface area contributed by atoms with Gasteiger partial charge in [-0.15, -0.1) is 0 Å². The lowest BCUT2D eigenvalue weighted by Crippen LogP contribution is -2.34. The third-order valence-electron chi connectivity index (χ3n) is 5.57. The molecule has 1 atom stereocenters. The fourth-order valence-electron chi connectivity index (χ4n) is 4.10. The van der Waals surface area contributed by atoms with Gasteiger partial charge >= 0.3 is 0 Å². The average molecular weight is 400 g/mol. The van der Waals surface area contributed by atoms with Crippen molar-refractivity contribution in [1.82, 2.24) is 24.6 Å². The number of nitrogens with zero attached hydrogens (tertiary/aromatic N) is 5. The molecule has 0 bridgehead atoms. The summed E-state index contributed by atoms with van der Waals surface area (Å²) >= 11 is 0. The number of ether oxygens (including phenoxy) is 1. The summed E-state index contributed by atoms with van der Waals surface area (Å²) in [5.74, 6) is 2.03. The van der Waals surface area contributed by atoms with Crippen LogP contribution in [-0.4, -0.2) is 44.8 Å². The van der Waals surface area contributed by atoms with Crippen molar-refractivity contribution >= 4 is 16.9 Å². The average Bonchev–Trinajstić information content (AvgIpc) is 3.16. The number of benzene rings is 2. The number of aromatic nitrogens is 4. The first kappa shape index (κ1) is 18.6. The Labute approximate surface area is 175 Å². The molecule has 0 radical (unpaired) electrons. The molecular formula is C23H24N6O. The molecule has 7 heteroatoms. The molecular weight excluding hydrogens is 376 g/mol. The van der Waals surface area contributed by atoms with Gasteiger partial charge in [-0.1, -0.05) is 18.2 Å². The van der Waals surface area contributed by atoms with Crippen molar-refractivity contribution in [3.05, 3.63) is 60.9 Å². The maximum Gasteiger partial charge on any atom is 0.164 e. The third-order valence-corrected chi connectivity index (χ3v) is 5.57. The van der Waals surface area contributed by atoms with Crippen molar-refractivity contribution in [3.63, 3.8) is 0 Å². The molecule has 0 aliphatic carbocycles. The van der Waals surface area contributed by atoms with Gasteiger partial charge in [0.1, 0.15) is 29.3 Å². The first-order valence-electron chi connectivity index (χ1n) is 10.2. The van der Waals surface area contributed by atoms with Gasteiger partial charge in [0.2, 0.25) is 0 Å². The number of fused-ring (bicyclic) bond motifs is 1. The molecule has 2 aromatic carbocycles. The molecule has 1 aliphatic heterocycles. The van der Waals surface area contributed by atoms with Crippen LogP contribution in [-0.2, 0) is 0 Å². The van der Waals surface area contributed by atoms with E-state index in [0.29, 0.717) is 5.82 Å². The number of hydrogen-bond donors (Lipinski definition) is 1. The number of likely N-dealkylation sites (tertiary alicyclic amines) is 1. The Morgan fingerprint density at radius 2 is 1.77 bits per heavy atom. The second-order valence-corrected chi connectivity index (χ2v) is 7.75. The molecule has 30 heavy (non-hydrogen) atoms. The van der Waals surface area contributed by atoms with Crippen LogP contribution in [0.25, 0.3) is 22.3 Å². The van der Waals surface area contributed by atoms with Crippen LogP contribution in [0.2, 0.25) is 0 Å². The molecule has 0 saturated carbocycles. The van der Waals surface area contributed by atoms with E-state index in [1.165, 1.54) is 6.33 Å². The summed E-state index contributed by atoms with van der Waals surface area (Å²) < 4.78 is 7.95. The molecule has 4 aromatic rings. The fourth-order valence-corrected chi connectivity index (χ4v) is 4.10. The Kier molecular flexibility index (Phi) is 4.80. The second kappa shape index (κ2) is 7.76. The van der Waals surface area contributed by atoms with E-state index < -0.39 is 0 Å². The number of rotatable bonds is 4. The van der Waals surface area contributed by atoms with Crippen LogP contribution in [0.1, 0.15) is 18.9 Å². The summed E-state index contributed by atoms with van der Waals surface area (Å²) in [6, 6.07) is 17.9. The van der Waals surface area contributed by atoms with E-state index in [0.717, 1.165) is 59.7 Å². The van der Waals surface area contributed by atoms with Crippen molar-refractivity contribution in [1.29, 1.82) is 0 Å². The summed E-state index contributed by atoms with van der Waals surface area (Å²) in [7, 11) is 2.15. The van der Waals surface area contributed by atoms with Gasteiger partial charge in [0.25, 0.3) is 0 Å². The standard InChI is InChI=1S/C23H24N6O/c1-28-13-5-6-17(14-28)29-23-20(22(24)25-15-26-23)21(27-29)16-9-11-19(12-10-16)30-18-7-3-2-4-8-18/h2-4,7-12,15,17H,5-6,13-14H2,1H3,(H2,24,25,26)/t17-/m1/s1. The van der Waals surface area contributed by atoms with Gasteiger partial charge in [-0.25, -0.2) is 14.6 Å². The van der Waals surface area contributed by atoms with E-state index in [2.05, 4.69) is 21.9 Å². The Morgan fingerprint density at radius 1 is 1.00 bits per heavy atom. The Morgan fingerprint density at radius 3 is 2.53 bits per heavy atom. The molecule has 3 heterocycles. The van der Waals surface area contributed by atoms with E-state index in [-0.39, 0.29) is 6.04 Å². The quantitative estimate of drug-likeness (QED) is 0.555. The highest BCUT2D eigenvalue weighted by Gasteiger charge is 2.25. The number of piperidine rings is 1. The van der Waals surface area contributed by atoms with E-state index in [4.69, 9.17) is 15.6 Å². The van der Waals surface area contributed by atoms with Gasteiger partial charge in [0.15, 0.2) is 5.65 Å². The van der Waals surface area contributed by atoms with Crippen LogP contribution in [0.3, 0.4) is 0 Å². The first-order valence-corrected chi connectivity index (χ1v) is 10.2. The highest BCUT2D eigenvalue weighted by molar-refractivity contribution is 5.98. The highest BCUT2D eigenvalue weighted by atomic mass is 16.5. The van der Waals surface area contributed by atoms with Crippen molar-refractivity contribution in [2.24, 2.45) is 0 Å². The van der Waals surface area contributed by atoms with Crippen molar-refractivity contribution in [2.45, 2.75) is 18.9 Å². The lowest BCUT2D eigenvalue weighted by atomic mass is 10.1. The predicted octanol–water partition coefficient (Wildman–Crippen LogP) is 4.13. The predicted molar refractivity (Wildman–Crippen MR) is 117 cm³/mol. The number of nitrogen functional groups attached to an aromatic ring is 1. The molecule has 2 aromatic heterocycles. The van der Waals surface area contributed by atoms with E-state index in [1.807, 2.05) is 59.3 Å². The molecule has 0 amide bonds. The zero-order valence-corrected chi connectivity index (χ0v) is 16.9. The Balaban J connectivity index is 1.52. The van der Waals surface area contributed by atoms with E-state index in [9.17, 15) is 0 Å². The molecule has 5 rings (SSSR count). The van der Waals surface area contributed by atoms with Crippen LogP contribution in [0.15, 0.2) is 60.9 Å². The van der Waals surface area contributed by atoms with Gasteiger partial charge in [-0.05, 0) is 62.8 Å². The smallest absolute Gasteiger partial charge is 0.164 e. The maximum absolute atomic E-state index is 6.26. The van der Waals surface area contributed by atoms with Crippen LogP contribution in [0.5, 0.6) is 11.5 Å². The number of para-hydroxylation sites is 1. The summed E-state index contributed by atoms with van der Waals surface area (Å²) in [6.07, 6.45) is 3.74. The molecule has 1 aliphatic rings. The van der Waals surface area contributed by atoms with Crippen LogP contribution in [0.4, 0.5) is 5.82 Å². The van der Waals surface area contributed by atoms with Crippen molar-refractivity contribution in [3.8, 4) is 22.8 Å². The van der Waals surface area contributed by atoms with E-state index >= 15 is 0 Å². The minimum absolute atomic E-state index is 0.273. The van der Waals surface area contributed by atoms with E-state index in [1.54, 1.807) is 0 Å². The van der Waals surface area contributed by atoms with Crippen LogP contribution in [0, 0.1) is 0 Å². The molecule has 0 unspecified atom stereocenters. The highest BCUT2D eigenvalue weighted by Crippen LogP contribution is 2.34. The molecule has 152 valence electrons. The summed E-state index contributed by atoms with van der Waals surface area (Å²) in [5.41, 5.74) is 8.82. The number of nitrogens with two attached hydrogens (primary N) is 1. The van der Waals surface area contributed by atoms with Gasteiger partial charge in [0.05, 0.1) is 11.4 Å². The molecule has 7 nitrogen and oxygen atoms in total. The number of likely N-dealkylation sites (N-methyl/N-ethyl adjacent to an activating group) is 1. The van der Waals surface area contributed by atoms with Gasteiger partial charge in [-0.3, -0.25) is 0 Å². The lowest BCUT2D eigenvalue weighted by Gasteiger charge is -2.29. The fraction of sp³-hybridized carbons (Fsp3) is 0.261. The normalized spacial score (nSPS) is 17.3. The molecule has 0 spiro atoms. The van der Waals surface area contributed by atoms with Gasteiger partial charge in [0, 0.05) is 12.1 Å². The minimum Gasteiger partial charge on any atom is -0.457 e. The number of anilines is 1. The first-order chi connectivity index (χ1) is 14.7. The summed E-state index contributed by atoms with van der Waals surface area (Å²) in [5, 5.41) is 5.77. The number of hydrogen-bond acceptors (Lipinski definition) is 6. The Hall–Kier alpha value is -3.45. The van der Waals surface area contributed by atoms with Crippen LogP contribution >= 0.6 is 0 Å². The monoisotopic (exact) mass is 400 g/mol. The lowest BCUT2D eigenvalue weighted by molar-refractivity contribution is 0.205. The zero-order valence-electron chi connectivity index (χ0n) is 16.9. The van der Waals surface area contributed by atoms with Crippen molar-refractivity contribution in [2.75, 3.05) is 25.9 Å².